The summed E-state index contributed by atoms with van der Waals surface area (Å²) in [7, 11) is 0. The van der Waals surface area contributed by atoms with Crippen LogP contribution in [0.4, 0.5) is 0 Å². The fraction of sp³-hybridized carbons (Fsp3) is 0.419. The van der Waals surface area contributed by atoms with Gasteiger partial charge in [0, 0.05) is 81.2 Å². The molecule has 20 nitrogen and oxygen atoms in total. The van der Waals surface area contributed by atoms with Crippen molar-refractivity contribution in [1.29, 1.82) is 0 Å². The first-order chi connectivity index (χ1) is 30.3. The SMILES string of the molecule is CC(=O)N[C@H]1CCC(=O)NCCC[C@@H](C(=O)N[C@@H](Cc2c[nH]c3ccccc23)C(N)=O)N(CCCCN=C(N)N)C(=O)[C@@H](Cc2ccccc2)NC(=O)[C@H](Cc2cnc[nH]2)NC1=O. The number of fused-ring (bicyclic) bond motifs is 1. The van der Waals surface area contributed by atoms with Gasteiger partial charge in [0.15, 0.2) is 5.96 Å². The smallest absolute Gasteiger partial charge is 0.246 e. The molecule has 0 radical (unpaired) electrons. The van der Waals surface area contributed by atoms with Gasteiger partial charge in [-0.05, 0) is 49.3 Å². The molecule has 7 amide bonds. The summed E-state index contributed by atoms with van der Waals surface area (Å²) in [5.41, 5.74) is 19.8. The monoisotopic (exact) mass is 867 g/mol. The summed E-state index contributed by atoms with van der Waals surface area (Å²) in [6.07, 6.45) is 5.31. The Hall–Kier alpha value is -7.25. The highest BCUT2D eigenvalue weighted by Crippen LogP contribution is 2.20. The molecule has 5 atom stereocenters. The third-order valence-corrected chi connectivity index (χ3v) is 10.7. The standard InChI is InChI=1S/C43H57N13O7/c1-26(57)52-32-15-16-37(58)48-18-9-14-36(41(62)53-33(38(44)59)21-28-23-50-31-13-6-5-12-30(28)31)56(19-8-7-17-49-43(45)46)42(63)35(20-27-10-3-2-4-11-27)55-40(61)34(54-39(32)60)22-29-24-47-25-51-29/h2-6,10-13,23-25,32-36,50H,7-9,14-22H2,1H3,(H2,44,59)(H,47,51)(H,48,58)(H,52,57)(H,53,62)(H,54,60)(H,55,61)(H4,45,46,49)/t32-,33-,34-,35+,36-/m0/s1. The van der Waals surface area contributed by atoms with E-state index in [1.54, 1.807) is 36.5 Å². The van der Waals surface area contributed by atoms with E-state index in [0.717, 1.165) is 16.5 Å². The molecule has 1 fully saturated rings. The van der Waals surface area contributed by atoms with Crippen LogP contribution in [0.5, 0.6) is 0 Å². The van der Waals surface area contributed by atoms with Crippen LogP contribution in [-0.2, 0) is 52.8 Å². The summed E-state index contributed by atoms with van der Waals surface area (Å²) in [6, 6.07) is 10.3. The molecule has 0 aliphatic carbocycles. The average molecular weight is 868 g/mol. The number of aromatic amines is 2. The Labute approximate surface area is 364 Å². The largest absolute Gasteiger partial charge is 0.370 e. The highest BCUT2D eigenvalue weighted by Gasteiger charge is 2.37. The molecule has 1 aliphatic rings. The van der Waals surface area contributed by atoms with Gasteiger partial charge in [0.05, 0.1) is 6.33 Å². The third-order valence-electron chi connectivity index (χ3n) is 10.7. The molecule has 1 saturated heterocycles. The quantitative estimate of drug-likeness (QED) is 0.0407. The van der Waals surface area contributed by atoms with E-state index in [-0.39, 0.29) is 70.5 Å². The van der Waals surface area contributed by atoms with E-state index in [2.05, 4.69) is 46.5 Å². The number of aliphatic imine (C=N–C) groups is 1. The predicted molar refractivity (Wildman–Crippen MR) is 234 cm³/mol. The first-order valence-electron chi connectivity index (χ1n) is 20.9. The first kappa shape index (κ1) is 46.8. The molecule has 0 bridgehead atoms. The summed E-state index contributed by atoms with van der Waals surface area (Å²) >= 11 is 0. The number of nitrogens with one attached hydrogen (secondary N) is 7. The van der Waals surface area contributed by atoms with Crippen molar-refractivity contribution in [1.82, 2.24) is 46.4 Å². The van der Waals surface area contributed by atoms with Crippen molar-refractivity contribution in [2.75, 3.05) is 19.6 Å². The summed E-state index contributed by atoms with van der Waals surface area (Å²) in [4.78, 5) is 112. The normalized spacial score (nSPS) is 19.8. The molecule has 20 heteroatoms. The number of nitrogens with zero attached hydrogens (tertiary/aromatic N) is 3. The zero-order chi connectivity index (χ0) is 45.3. The van der Waals surface area contributed by atoms with Crippen molar-refractivity contribution < 1.29 is 33.6 Å². The summed E-state index contributed by atoms with van der Waals surface area (Å²) in [6.45, 7) is 1.55. The lowest BCUT2D eigenvalue weighted by atomic mass is 10.00. The van der Waals surface area contributed by atoms with Gasteiger partial charge in [-0.1, -0.05) is 48.5 Å². The second-order valence-electron chi connectivity index (χ2n) is 15.5. The highest BCUT2D eigenvalue weighted by atomic mass is 16.2. The lowest BCUT2D eigenvalue weighted by Gasteiger charge is -2.35. The molecule has 0 spiro atoms. The van der Waals surface area contributed by atoms with E-state index in [1.807, 2.05) is 24.3 Å². The van der Waals surface area contributed by atoms with Gasteiger partial charge in [-0.3, -0.25) is 38.6 Å². The van der Waals surface area contributed by atoms with Crippen LogP contribution in [0.1, 0.15) is 62.3 Å². The molecule has 2 aromatic carbocycles. The van der Waals surface area contributed by atoms with Crippen LogP contribution in [0.2, 0.25) is 0 Å². The lowest BCUT2D eigenvalue weighted by molar-refractivity contribution is -0.144. The zero-order valence-corrected chi connectivity index (χ0v) is 35.2. The summed E-state index contributed by atoms with van der Waals surface area (Å²) in [5, 5.41) is 14.6. The first-order valence-corrected chi connectivity index (χ1v) is 20.9. The van der Waals surface area contributed by atoms with Gasteiger partial charge in [-0.25, -0.2) is 4.98 Å². The minimum absolute atomic E-state index is 0.000820. The molecule has 3 heterocycles. The Bertz CT molecular complexity index is 2220. The molecule has 336 valence electrons. The number of hydrogen-bond acceptors (Lipinski definition) is 9. The number of unbranched alkanes of at least 4 members (excludes halogenated alkanes) is 1. The van der Waals surface area contributed by atoms with E-state index in [9.17, 15) is 28.8 Å². The van der Waals surface area contributed by atoms with E-state index < -0.39 is 71.6 Å². The van der Waals surface area contributed by atoms with Crippen molar-refractivity contribution in [3.05, 3.63) is 90.1 Å². The molecule has 4 aromatic rings. The molecule has 2 aromatic heterocycles. The second kappa shape index (κ2) is 23.1. The Morgan fingerprint density at radius 3 is 2.37 bits per heavy atom. The fourth-order valence-corrected chi connectivity index (χ4v) is 7.48. The number of carbonyl (C=O) groups excluding carboxylic acids is 7. The van der Waals surface area contributed by atoms with Crippen LogP contribution in [-0.4, -0.2) is 117 Å². The van der Waals surface area contributed by atoms with Crippen LogP contribution < -0.4 is 43.8 Å². The van der Waals surface area contributed by atoms with E-state index in [1.165, 1.54) is 24.3 Å². The number of carbonyl (C=O) groups is 7. The molecule has 0 unspecified atom stereocenters. The maximum atomic E-state index is 15.2. The number of imidazole rings is 1. The summed E-state index contributed by atoms with van der Waals surface area (Å²) in [5.74, 6) is -4.61. The van der Waals surface area contributed by atoms with Crippen molar-refractivity contribution in [2.45, 2.75) is 94.9 Å². The Morgan fingerprint density at radius 2 is 1.65 bits per heavy atom. The molecule has 1 aliphatic heterocycles. The molecule has 5 rings (SSSR count). The molecule has 13 N–H and O–H groups in total. The van der Waals surface area contributed by atoms with Gasteiger partial charge in [-0.2, -0.15) is 0 Å². The van der Waals surface area contributed by atoms with Gasteiger partial charge in [0.1, 0.15) is 30.2 Å². The van der Waals surface area contributed by atoms with E-state index in [0.29, 0.717) is 24.1 Å². The van der Waals surface area contributed by atoms with Crippen LogP contribution in [0, 0.1) is 0 Å². The lowest BCUT2D eigenvalue weighted by Crippen LogP contribution is -2.61. The number of hydrogen-bond donors (Lipinski definition) is 10. The van der Waals surface area contributed by atoms with Gasteiger partial charge in [0.2, 0.25) is 41.4 Å². The van der Waals surface area contributed by atoms with Crippen LogP contribution >= 0.6 is 0 Å². The average Bonchev–Trinajstić information content (AvgIpc) is 3.93. The highest BCUT2D eigenvalue weighted by molar-refractivity contribution is 5.97. The maximum Gasteiger partial charge on any atom is 0.246 e. The van der Waals surface area contributed by atoms with Gasteiger partial charge >= 0.3 is 0 Å². The predicted octanol–water partition coefficient (Wildman–Crippen LogP) is -0.696. The number of rotatable bonds is 15. The number of amides is 7. The Balaban J connectivity index is 1.55. The number of aromatic nitrogens is 3. The van der Waals surface area contributed by atoms with E-state index in [4.69, 9.17) is 17.2 Å². The van der Waals surface area contributed by atoms with Crippen molar-refractivity contribution >= 4 is 58.2 Å². The Kier molecular flexibility index (Phi) is 17.2. The minimum Gasteiger partial charge on any atom is -0.370 e. The van der Waals surface area contributed by atoms with Crippen molar-refractivity contribution in [2.24, 2.45) is 22.2 Å². The third kappa shape index (κ3) is 14.2. The minimum atomic E-state index is -1.29. The number of benzene rings is 2. The molecule has 0 saturated carbocycles. The topological polar surface area (TPSA) is 318 Å². The molecule has 63 heavy (non-hydrogen) atoms. The van der Waals surface area contributed by atoms with Crippen LogP contribution in [0.25, 0.3) is 10.9 Å². The van der Waals surface area contributed by atoms with E-state index >= 15 is 4.79 Å². The number of para-hydroxylation sites is 1. The summed E-state index contributed by atoms with van der Waals surface area (Å²) < 4.78 is 0. The van der Waals surface area contributed by atoms with Crippen LogP contribution in [0.3, 0.4) is 0 Å². The van der Waals surface area contributed by atoms with Crippen LogP contribution in [0.15, 0.2) is 78.3 Å². The fourth-order valence-electron chi connectivity index (χ4n) is 7.48. The van der Waals surface area contributed by atoms with Gasteiger partial charge in [0.25, 0.3) is 0 Å². The number of H-pyrrole nitrogens is 2. The zero-order valence-electron chi connectivity index (χ0n) is 35.2. The van der Waals surface area contributed by atoms with Crippen molar-refractivity contribution in [3.63, 3.8) is 0 Å². The van der Waals surface area contributed by atoms with Crippen molar-refractivity contribution in [3.8, 4) is 0 Å². The Morgan fingerprint density at radius 1 is 0.905 bits per heavy atom. The molecular weight excluding hydrogens is 811 g/mol. The van der Waals surface area contributed by atoms with Gasteiger partial charge < -0.3 is 58.7 Å². The maximum absolute atomic E-state index is 15.2. The van der Waals surface area contributed by atoms with Gasteiger partial charge in [-0.15, -0.1) is 0 Å². The number of nitrogens with two attached hydrogens (primary N) is 3. The molecular formula is C43H57N13O7. The number of guanidine groups is 1. The number of primary amides is 1. The second-order valence-corrected chi connectivity index (χ2v) is 15.5.